The number of rotatable bonds is 3. The average Bonchev–Trinajstić information content (AvgIpc) is 3.09. The van der Waals surface area contributed by atoms with E-state index in [4.69, 9.17) is 11.6 Å². The van der Waals surface area contributed by atoms with Gasteiger partial charge in [0.1, 0.15) is 18.5 Å². The van der Waals surface area contributed by atoms with Gasteiger partial charge in [-0.25, -0.2) is 9.07 Å². The first-order valence-corrected chi connectivity index (χ1v) is 6.97. The second-order valence-corrected chi connectivity index (χ2v) is 5.25. The summed E-state index contributed by atoms with van der Waals surface area (Å²) in [5.41, 5.74) is 3.75. The summed E-state index contributed by atoms with van der Waals surface area (Å²) in [5.74, 6) is -0.428. The van der Waals surface area contributed by atoms with E-state index in [2.05, 4.69) is 15.3 Å². The Morgan fingerprint density at radius 3 is 2.59 bits per heavy atom. The summed E-state index contributed by atoms with van der Waals surface area (Å²) >= 11 is 5.87. The van der Waals surface area contributed by atoms with Crippen LogP contribution >= 0.6 is 11.6 Å². The van der Waals surface area contributed by atoms with Gasteiger partial charge in [-0.3, -0.25) is 0 Å². The van der Waals surface area contributed by atoms with Crippen LogP contribution in [0.15, 0.2) is 42.0 Å². The molecule has 0 saturated carbocycles. The van der Waals surface area contributed by atoms with Gasteiger partial charge in [-0.1, -0.05) is 11.6 Å². The van der Waals surface area contributed by atoms with Crippen molar-refractivity contribution in [3.05, 3.63) is 64.7 Å². The van der Waals surface area contributed by atoms with Crippen LogP contribution in [0.2, 0.25) is 5.02 Å². The van der Waals surface area contributed by atoms with Crippen molar-refractivity contribution < 1.29 is 4.39 Å². The van der Waals surface area contributed by atoms with E-state index in [1.807, 2.05) is 24.5 Å². The molecule has 1 aromatic carbocycles. The maximum absolute atomic E-state index is 13.3. The minimum atomic E-state index is -0.428. The molecule has 3 rings (SSSR count). The lowest BCUT2D eigenvalue weighted by Gasteiger charge is -2.10. The summed E-state index contributed by atoms with van der Waals surface area (Å²) in [5, 5.41) is 11.7. The zero-order valence-corrected chi connectivity index (χ0v) is 12.8. The van der Waals surface area contributed by atoms with Gasteiger partial charge in [0.2, 0.25) is 0 Å². The minimum absolute atomic E-state index is 0.102. The van der Waals surface area contributed by atoms with Crippen LogP contribution in [0, 0.1) is 19.7 Å². The molecule has 0 spiro atoms. The summed E-state index contributed by atoms with van der Waals surface area (Å²) in [4.78, 5) is 0. The van der Waals surface area contributed by atoms with Crippen LogP contribution in [0.1, 0.15) is 17.0 Å². The maximum atomic E-state index is 13.3. The Morgan fingerprint density at radius 2 is 1.91 bits per heavy atom. The molecule has 2 heterocycles. The third-order valence-corrected chi connectivity index (χ3v) is 3.66. The summed E-state index contributed by atoms with van der Waals surface area (Å²) in [6.45, 7) is 3.94. The fraction of sp³-hybridized carbons (Fsp3) is 0.133. The Hall–Kier alpha value is -2.47. The second-order valence-electron chi connectivity index (χ2n) is 4.85. The summed E-state index contributed by atoms with van der Waals surface area (Å²) in [6.07, 6.45) is 4.75. The molecule has 0 unspecified atom stereocenters. The highest BCUT2D eigenvalue weighted by molar-refractivity contribution is 6.30. The summed E-state index contributed by atoms with van der Waals surface area (Å²) in [7, 11) is 0. The van der Waals surface area contributed by atoms with Crippen molar-refractivity contribution in [2.75, 3.05) is 0 Å². The Bertz CT molecular complexity index is 836. The van der Waals surface area contributed by atoms with Gasteiger partial charge >= 0.3 is 0 Å². The monoisotopic (exact) mass is 317 g/mol. The molecule has 5 nitrogen and oxygen atoms in total. The van der Waals surface area contributed by atoms with Gasteiger partial charge in [-0.05, 0) is 38.1 Å². The number of hydrogen-bond donors (Lipinski definition) is 0. The maximum Gasteiger partial charge on any atom is 0.141 e. The third kappa shape index (κ3) is 2.65. The Labute approximate surface area is 131 Å². The first-order chi connectivity index (χ1) is 10.6. The van der Waals surface area contributed by atoms with Crippen LogP contribution in [0.25, 0.3) is 5.69 Å². The van der Waals surface area contributed by atoms with E-state index >= 15 is 0 Å². The van der Waals surface area contributed by atoms with Crippen LogP contribution in [0.4, 0.5) is 4.39 Å². The number of aryl methyl sites for hydroxylation is 1. The number of benzene rings is 1. The normalized spacial score (nSPS) is 11.5. The average molecular weight is 318 g/mol. The Balaban J connectivity index is 2.01. The summed E-state index contributed by atoms with van der Waals surface area (Å²) < 4.78 is 16.8. The van der Waals surface area contributed by atoms with Crippen molar-refractivity contribution >= 4 is 17.8 Å². The van der Waals surface area contributed by atoms with E-state index < -0.39 is 5.82 Å². The number of nitrogens with zero attached hydrogens (tertiary/aromatic N) is 5. The molecule has 0 radical (unpaired) electrons. The Kier molecular flexibility index (Phi) is 3.77. The van der Waals surface area contributed by atoms with Crippen molar-refractivity contribution in [1.29, 1.82) is 0 Å². The molecule has 0 aliphatic carbocycles. The standard InChI is InChI=1S/C15H13ClFN5/c1-10-5-12(7-20-21-8-18-19-9-21)11(2)22(10)13-3-4-15(17)14(16)6-13/h3-9H,1-2H3/b20-7-. The van der Waals surface area contributed by atoms with Crippen molar-refractivity contribution in [1.82, 2.24) is 19.4 Å². The van der Waals surface area contributed by atoms with Crippen molar-refractivity contribution in [3.8, 4) is 5.69 Å². The second kappa shape index (κ2) is 5.73. The van der Waals surface area contributed by atoms with Crippen molar-refractivity contribution in [2.45, 2.75) is 13.8 Å². The molecule has 2 aromatic heterocycles. The minimum Gasteiger partial charge on any atom is -0.318 e. The number of hydrogen-bond acceptors (Lipinski definition) is 3. The van der Waals surface area contributed by atoms with Gasteiger partial charge in [0.05, 0.1) is 11.2 Å². The van der Waals surface area contributed by atoms with E-state index in [1.54, 1.807) is 18.3 Å². The molecule has 0 atom stereocenters. The fourth-order valence-corrected chi connectivity index (χ4v) is 2.50. The van der Waals surface area contributed by atoms with Crippen LogP contribution in [0.5, 0.6) is 0 Å². The van der Waals surface area contributed by atoms with E-state index in [0.29, 0.717) is 0 Å². The molecule has 0 amide bonds. The van der Waals surface area contributed by atoms with E-state index in [-0.39, 0.29) is 5.02 Å². The molecule has 7 heteroatoms. The van der Waals surface area contributed by atoms with Gasteiger partial charge < -0.3 is 4.57 Å². The number of aromatic nitrogens is 4. The van der Waals surface area contributed by atoms with Gasteiger partial charge in [0.25, 0.3) is 0 Å². The molecular formula is C15H13ClFN5. The van der Waals surface area contributed by atoms with Gasteiger partial charge in [-0.15, -0.1) is 10.2 Å². The first kappa shape index (κ1) is 14.5. The fourth-order valence-electron chi connectivity index (χ4n) is 2.32. The van der Waals surface area contributed by atoms with Gasteiger partial charge in [-0.2, -0.15) is 5.10 Å². The van der Waals surface area contributed by atoms with Crippen LogP contribution < -0.4 is 0 Å². The quantitative estimate of drug-likeness (QED) is 0.695. The predicted octanol–water partition coefficient (Wildman–Crippen LogP) is 3.36. The van der Waals surface area contributed by atoms with Crippen LogP contribution in [0.3, 0.4) is 0 Å². The molecule has 0 bridgehead atoms. The largest absolute Gasteiger partial charge is 0.318 e. The molecular weight excluding hydrogens is 305 g/mol. The highest BCUT2D eigenvalue weighted by Gasteiger charge is 2.11. The van der Waals surface area contributed by atoms with Crippen LogP contribution in [-0.2, 0) is 0 Å². The molecule has 0 aliphatic rings. The number of halogens is 2. The van der Waals surface area contributed by atoms with E-state index in [9.17, 15) is 4.39 Å². The van der Waals surface area contributed by atoms with E-state index in [1.165, 1.54) is 23.4 Å². The topological polar surface area (TPSA) is 48.0 Å². The lowest BCUT2D eigenvalue weighted by Crippen LogP contribution is -2.00. The highest BCUT2D eigenvalue weighted by Crippen LogP contribution is 2.24. The SMILES string of the molecule is Cc1cc(/C=N\n2cnnc2)c(C)n1-c1ccc(F)c(Cl)c1. The first-order valence-electron chi connectivity index (χ1n) is 6.59. The summed E-state index contributed by atoms with van der Waals surface area (Å²) in [6, 6.07) is 6.67. The molecule has 0 fully saturated rings. The van der Waals surface area contributed by atoms with Gasteiger partial charge in [0.15, 0.2) is 0 Å². The predicted molar refractivity (Wildman–Crippen MR) is 83.2 cm³/mol. The lowest BCUT2D eigenvalue weighted by atomic mass is 10.2. The molecule has 0 N–H and O–H groups in total. The lowest BCUT2D eigenvalue weighted by molar-refractivity contribution is 0.627. The van der Waals surface area contributed by atoms with Gasteiger partial charge in [0, 0.05) is 22.6 Å². The third-order valence-electron chi connectivity index (χ3n) is 3.37. The molecule has 0 saturated heterocycles. The van der Waals surface area contributed by atoms with Crippen molar-refractivity contribution in [3.63, 3.8) is 0 Å². The Morgan fingerprint density at radius 1 is 1.18 bits per heavy atom. The van der Waals surface area contributed by atoms with Crippen molar-refractivity contribution in [2.24, 2.45) is 5.10 Å². The molecule has 0 aliphatic heterocycles. The molecule has 112 valence electrons. The molecule has 22 heavy (non-hydrogen) atoms. The zero-order valence-electron chi connectivity index (χ0n) is 12.0. The molecule has 3 aromatic rings. The smallest absolute Gasteiger partial charge is 0.141 e. The zero-order chi connectivity index (χ0) is 15.7. The van der Waals surface area contributed by atoms with E-state index in [0.717, 1.165) is 22.6 Å². The van der Waals surface area contributed by atoms with Crippen LogP contribution in [-0.4, -0.2) is 25.7 Å². The highest BCUT2D eigenvalue weighted by atomic mass is 35.5.